The molecule has 1 aliphatic rings. The highest BCUT2D eigenvalue weighted by molar-refractivity contribution is 7.92. The van der Waals surface area contributed by atoms with Crippen LogP contribution in [0.4, 0.5) is 19.1 Å². The molecule has 10 nitrogen and oxygen atoms in total. The lowest BCUT2D eigenvalue weighted by atomic mass is 10.0. The number of carbonyl (C=O) groups is 1. The van der Waals surface area contributed by atoms with Gasteiger partial charge in [0, 0.05) is 11.6 Å². The van der Waals surface area contributed by atoms with Crippen molar-refractivity contribution in [1.82, 2.24) is 25.1 Å². The van der Waals surface area contributed by atoms with Crippen LogP contribution >= 0.6 is 0 Å². The molecule has 2 aromatic heterocycles. The molecule has 2 N–H and O–H groups in total. The average Bonchev–Trinajstić information content (AvgIpc) is 3.19. The van der Waals surface area contributed by atoms with Crippen LogP contribution in [0, 0.1) is 12.8 Å². The number of carbonyl (C=O) groups excluding carboxylic acids is 1. The third-order valence-corrected chi connectivity index (χ3v) is 6.51. The van der Waals surface area contributed by atoms with Crippen molar-refractivity contribution < 1.29 is 31.1 Å². The highest BCUT2D eigenvalue weighted by atomic mass is 32.2. The Labute approximate surface area is 205 Å². The van der Waals surface area contributed by atoms with Gasteiger partial charge in [0.1, 0.15) is 12.3 Å². The summed E-state index contributed by atoms with van der Waals surface area (Å²) in [4.78, 5) is 20.6. The zero-order chi connectivity index (χ0) is 26.3. The maximum absolute atomic E-state index is 13.6. The molecule has 36 heavy (non-hydrogen) atoms. The highest BCUT2D eigenvalue weighted by Gasteiger charge is 2.36. The number of anilines is 1. The zero-order valence-corrected chi connectivity index (χ0v) is 20.3. The van der Waals surface area contributed by atoms with Crippen LogP contribution in [-0.4, -0.2) is 46.7 Å². The number of hydrogen-bond acceptors (Lipinski definition) is 7. The van der Waals surface area contributed by atoms with Crippen LogP contribution in [0.1, 0.15) is 42.0 Å². The van der Waals surface area contributed by atoms with Crippen molar-refractivity contribution in [3.8, 4) is 11.7 Å². The lowest BCUT2D eigenvalue weighted by Crippen LogP contribution is -2.40. The van der Waals surface area contributed by atoms with Crippen LogP contribution in [0.3, 0.4) is 0 Å². The monoisotopic (exact) mass is 524 g/mol. The summed E-state index contributed by atoms with van der Waals surface area (Å²) in [6.07, 6.45) is -4.23. The summed E-state index contributed by atoms with van der Waals surface area (Å²) >= 11 is 0. The number of aryl methyl sites for hydroxylation is 1. The number of sulfonamides is 1. The first-order chi connectivity index (χ1) is 16.8. The smallest absolute Gasteiger partial charge is 0.433 e. The van der Waals surface area contributed by atoms with Gasteiger partial charge in [-0.2, -0.15) is 28.2 Å². The molecule has 0 saturated carbocycles. The van der Waals surface area contributed by atoms with E-state index in [4.69, 9.17) is 4.74 Å². The molecule has 1 atom stereocenters. The molecule has 1 aliphatic heterocycles. The van der Waals surface area contributed by atoms with Gasteiger partial charge in [-0.3, -0.25) is 4.79 Å². The summed E-state index contributed by atoms with van der Waals surface area (Å²) in [5.41, 5.74) is -0.914. The van der Waals surface area contributed by atoms with Crippen molar-refractivity contribution in [3.05, 3.63) is 53.3 Å². The first kappa shape index (κ1) is 25.4. The predicted molar refractivity (Wildman–Crippen MR) is 122 cm³/mol. The Bertz CT molecular complexity index is 1410. The molecule has 4 rings (SSSR count). The van der Waals surface area contributed by atoms with Crippen molar-refractivity contribution in [1.29, 1.82) is 0 Å². The quantitative estimate of drug-likeness (QED) is 0.538. The van der Waals surface area contributed by atoms with E-state index in [9.17, 15) is 26.4 Å². The van der Waals surface area contributed by atoms with E-state index in [0.29, 0.717) is 11.1 Å². The Morgan fingerprint density at radius 3 is 2.64 bits per heavy atom. The Morgan fingerprint density at radius 1 is 1.19 bits per heavy atom. The zero-order valence-electron chi connectivity index (χ0n) is 19.5. The summed E-state index contributed by atoms with van der Waals surface area (Å²) in [5.74, 6) is -1.41. The molecule has 3 aromatic rings. The minimum absolute atomic E-state index is 0.0729. The summed E-state index contributed by atoms with van der Waals surface area (Å²) in [7, 11) is -4.31. The molecule has 1 aromatic carbocycles. The molecule has 4 bridgehead atoms. The van der Waals surface area contributed by atoms with E-state index in [1.807, 2.05) is 13.8 Å². The van der Waals surface area contributed by atoms with E-state index in [2.05, 4.69) is 25.1 Å². The van der Waals surface area contributed by atoms with Crippen LogP contribution in [0.5, 0.6) is 5.88 Å². The van der Waals surface area contributed by atoms with Gasteiger partial charge in [-0.1, -0.05) is 19.9 Å². The van der Waals surface area contributed by atoms with Gasteiger partial charge >= 0.3 is 6.18 Å². The molecule has 192 valence electrons. The first-order valence-corrected chi connectivity index (χ1v) is 12.4. The van der Waals surface area contributed by atoms with E-state index in [-0.39, 0.29) is 40.4 Å². The number of amides is 1. The minimum atomic E-state index is -4.75. The first-order valence-electron chi connectivity index (χ1n) is 10.9. The number of hydrogen-bond donors (Lipinski definition) is 2. The Hall–Kier alpha value is -3.68. The van der Waals surface area contributed by atoms with Gasteiger partial charge in [0.25, 0.3) is 15.9 Å². The number of nitrogens with one attached hydrogen (secondary N) is 2. The number of ether oxygens (including phenoxy) is 1. The average molecular weight is 525 g/mol. The summed E-state index contributed by atoms with van der Waals surface area (Å²) in [6, 6.07) is 6.79. The number of aromatic nitrogens is 4. The second kappa shape index (κ2) is 9.41. The van der Waals surface area contributed by atoms with Crippen LogP contribution in [0.15, 0.2) is 41.3 Å². The third-order valence-electron chi connectivity index (χ3n) is 5.18. The Kier molecular flexibility index (Phi) is 6.64. The van der Waals surface area contributed by atoms with E-state index in [1.54, 1.807) is 0 Å². The van der Waals surface area contributed by atoms with Gasteiger partial charge in [-0.05, 0) is 43.5 Å². The van der Waals surface area contributed by atoms with Gasteiger partial charge in [0.15, 0.2) is 5.82 Å². The molecule has 1 amide bonds. The summed E-state index contributed by atoms with van der Waals surface area (Å²) in [5, 5.41) is 6.69. The normalized spacial score (nSPS) is 17.8. The number of halogens is 3. The molecule has 14 heteroatoms. The van der Waals surface area contributed by atoms with Gasteiger partial charge in [-0.15, -0.1) is 0 Å². The van der Waals surface area contributed by atoms with Crippen molar-refractivity contribution in [3.63, 3.8) is 0 Å². The van der Waals surface area contributed by atoms with Crippen molar-refractivity contribution in [2.45, 2.75) is 44.3 Å². The van der Waals surface area contributed by atoms with E-state index < -0.39 is 39.8 Å². The van der Waals surface area contributed by atoms with Crippen molar-refractivity contribution >= 4 is 21.9 Å². The van der Waals surface area contributed by atoms with Gasteiger partial charge in [-0.25, -0.2) is 17.8 Å². The third kappa shape index (κ3) is 5.58. The van der Waals surface area contributed by atoms with Crippen LogP contribution in [0.2, 0.25) is 0 Å². The molecule has 0 spiro atoms. The van der Waals surface area contributed by atoms with Gasteiger partial charge in [0.2, 0.25) is 11.8 Å². The second-order valence-corrected chi connectivity index (χ2v) is 10.4. The predicted octanol–water partition coefficient (Wildman–Crippen LogP) is 3.33. The molecular weight excluding hydrogens is 501 g/mol. The maximum Gasteiger partial charge on any atom is 0.433 e. The number of rotatable bonds is 3. The lowest BCUT2D eigenvalue weighted by Gasteiger charge is -2.21. The fourth-order valence-corrected chi connectivity index (χ4v) is 4.68. The van der Waals surface area contributed by atoms with Gasteiger partial charge < -0.3 is 10.1 Å². The van der Waals surface area contributed by atoms with Crippen LogP contribution in [0.25, 0.3) is 5.82 Å². The van der Waals surface area contributed by atoms with Crippen molar-refractivity contribution in [2.75, 3.05) is 11.3 Å². The second-order valence-electron chi connectivity index (χ2n) is 8.71. The Morgan fingerprint density at radius 2 is 1.94 bits per heavy atom. The van der Waals surface area contributed by atoms with Gasteiger partial charge in [0.05, 0.1) is 16.6 Å². The number of benzene rings is 1. The lowest BCUT2D eigenvalue weighted by molar-refractivity contribution is -0.142. The fraction of sp³-hybridized carbons (Fsp3) is 0.364. The number of nitrogens with zero attached hydrogens (tertiary/aromatic N) is 4. The summed E-state index contributed by atoms with van der Waals surface area (Å²) < 4.78 is 75.3. The maximum atomic E-state index is 13.6. The molecule has 0 radical (unpaired) electrons. The topological polar surface area (TPSA) is 128 Å². The molecule has 0 aliphatic carbocycles. The summed E-state index contributed by atoms with van der Waals surface area (Å²) in [6.45, 7) is 5.21. The molecule has 0 saturated heterocycles. The Balaban J connectivity index is 1.86. The van der Waals surface area contributed by atoms with E-state index >= 15 is 0 Å². The fourth-order valence-electron chi connectivity index (χ4n) is 3.69. The molecular formula is C22H23F3N6O4S. The van der Waals surface area contributed by atoms with Crippen LogP contribution in [-0.2, 0) is 16.2 Å². The SMILES string of the molecule is Cc1cc(C(F)(F)F)n(-c2cc3nc(n2)NS(=O)(=O)c2cccc(c2)C(=O)N[C@H](CC(C)C)CO3)n1. The van der Waals surface area contributed by atoms with E-state index in [0.717, 1.165) is 12.1 Å². The minimum Gasteiger partial charge on any atom is -0.475 e. The highest BCUT2D eigenvalue weighted by Crippen LogP contribution is 2.32. The van der Waals surface area contributed by atoms with E-state index in [1.165, 1.54) is 31.2 Å². The molecule has 0 fully saturated rings. The van der Waals surface area contributed by atoms with Crippen LogP contribution < -0.4 is 14.8 Å². The largest absolute Gasteiger partial charge is 0.475 e. The number of fused-ring (bicyclic) bond motifs is 4. The molecule has 3 heterocycles. The standard InChI is InChI=1S/C22H23F3N6O4S/c1-12(2)7-15-11-35-19-10-18(31-17(22(23,24)25)8-13(3)29-31)27-21(28-19)30-36(33,34)16-6-4-5-14(9-16)20(32)26-15/h4-6,8-10,12,15H,7,11H2,1-3H3,(H,26,32)(H,27,28,30)/t15-/m1/s1. The number of alkyl halides is 3. The molecule has 0 unspecified atom stereocenters. The van der Waals surface area contributed by atoms with Crippen molar-refractivity contribution in [2.24, 2.45) is 5.92 Å².